The summed E-state index contributed by atoms with van der Waals surface area (Å²) < 4.78 is 105. The van der Waals surface area contributed by atoms with Crippen molar-refractivity contribution in [3.63, 3.8) is 0 Å². The molecule has 1 heterocycles. The van der Waals surface area contributed by atoms with Gasteiger partial charge in [0.1, 0.15) is 30.0 Å². The minimum atomic E-state index is -5.06. The van der Waals surface area contributed by atoms with E-state index in [9.17, 15) is 30.8 Å². The normalized spacial score (nSPS) is 12.4. The molecule has 0 bridgehead atoms. The summed E-state index contributed by atoms with van der Waals surface area (Å²) in [7, 11) is -1.24. The van der Waals surface area contributed by atoms with Crippen molar-refractivity contribution in [3.05, 3.63) is 108 Å². The zero-order chi connectivity index (χ0) is 36.1. The van der Waals surface area contributed by atoms with Crippen molar-refractivity contribution in [1.82, 2.24) is 4.98 Å². The summed E-state index contributed by atoms with van der Waals surface area (Å²) in [6.07, 6.45) is -2.76. The quantitative estimate of drug-likeness (QED) is 0.0655. The number of alkyl halides is 3. The minimum Gasteiger partial charge on any atom is -0.497 e. The number of ketones is 1. The maximum atomic E-state index is 14.6. The molecule has 1 atom stereocenters. The van der Waals surface area contributed by atoms with Crippen molar-refractivity contribution in [2.24, 2.45) is 0 Å². The Kier molecular flexibility index (Phi) is 10.9. The number of H-pyrrole nitrogens is 1. The molecular formula is C35H32F4N2O8S. The molecule has 0 aliphatic rings. The maximum absolute atomic E-state index is 14.6. The number of halogens is 4. The van der Waals surface area contributed by atoms with Crippen molar-refractivity contribution < 1.29 is 54.5 Å². The Morgan fingerprint density at radius 2 is 1.66 bits per heavy atom. The van der Waals surface area contributed by atoms with E-state index in [4.69, 9.17) is 18.9 Å². The Bertz CT molecular complexity index is 2090. The number of benzene rings is 4. The number of Topliss-reactive ketones (excluding diaryl/α,β-unsaturated/α-hetero) is 1. The molecule has 0 amide bonds. The third-order valence-corrected chi connectivity index (χ3v) is 8.55. The lowest BCUT2D eigenvalue weighted by molar-refractivity contribution is -0.275. The number of carbonyl (C=O) groups excluding carboxylic acids is 1. The summed E-state index contributed by atoms with van der Waals surface area (Å²) in [5.41, 5.74) is 1.39. The molecule has 0 saturated heterocycles. The predicted molar refractivity (Wildman–Crippen MR) is 176 cm³/mol. The molecule has 0 saturated carbocycles. The highest BCUT2D eigenvalue weighted by molar-refractivity contribution is 7.90. The van der Waals surface area contributed by atoms with Crippen molar-refractivity contribution in [2.45, 2.75) is 23.9 Å². The molecule has 15 heteroatoms. The first-order chi connectivity index (χ1) is 23.8. The van der Waals surface area contributed by atoms with Gasteiger partial charge in [-0.3, -0.25) is 4.79 Å². The van der Waals surface area contributed by atoms with Crippen LogP contribution < -0.4 is 24.3 Å². The summed E-state index contributed by atoms with van der Waals surface area (Å²) in [5, 5.41) is 3.07. The molecule has 10 nitrogen and oxygen atoms in total. The Labute approximate surface area is 284 Å². The molecule has 0 aliphatic carbocycles. The van der Waals surface area contributed by atoms with Crippen LogP contribution in [0.15, 0.2) is 90.0 Å². The number of fused-ring (bicyclic) bond motifs is 1. The van der Waals surface area contributed by atoms with Gasteiger partial charge in [-0.1, -0.05) is 30.3 Å². The lowest BCUT2D eigenvalue weighted by Gasteiger charge is -2.23. The number of sulfone groups is 1. The monoisotopic (exact) mass is 716 g/mol. The van der Waals surface area contributed by atoms with Crippen molar-refractivity contribution in [1.29, 1.82) is 0 Å². The second-order valence-corrected chi connectivity index (χ2v) is 13.0. The number of methoxy groups -OCH3 is 2. The van der Waals surface area contributed by atoms with E-state index in [0.717, 1.165) is 30.0 Å². The van der Waals surface area contributed by atoms with Gasteiger partial charge in [0.25, 0.3) is 0 Å². The summed E-state index contributed by atoms with van der Waals surface area (Å²) in [5.74, 6) is -2.17. The lowest BCUT2D eigenvalue weighted by Crippen LogP contribution is -2.23. The molecule has 1 unspecified atom stereocenters. The van der Waals surface area contributed by atoms with E-state index in [1.165, 1.54) is 50.7 Å². The largest absolute Gasteiger partial charge is 0.573 e. The average molecular weight is 717 g/mol. The summed E-state index contributed by atoms with van der Waals surface area (Å²) in [6, 6.07) is 17.8. The number of hydrogen-bond acceptors (Lipinski definition) is 9. The Hall–Kier alpha value is -5.28. The van der Waals surface area contributed by atoms with E-state index >= 15 is 0 Å². The molecular weight excluding hydrogens is 684 g/mol. The van der Waals surface area contributed by atoms with Crippen LogP contribution in [0.3, 0.4) is 0 Å². The van der Waals surface area contributed by atoms with Gasteiger partial charge in [0.2, 0.25) is 0 Å². The zero-order valence-electron chi connectivity index (χ0n) is 27.0. The highest BCUT2D eigenvalue weighted by Gasteiger charge is 2.34. The fraction of sp³-hybridized carbons (Fsp3) is 0.229. The smallest absolute Gasteiger partial charge is 0.497 e. The van der Waals surface area contributed by atoms with E-state index in [2.05, 4.69) is 15.0 Å². The fourth-order valence-electron chi connectivity index (χ4n) is 5.14. The van der Waals surface area contributed by atoms with Crippen molar-refractivity contribution in [2.75, 3.05) is 39.0 Å². The van der Waals surface area contributed by atoms with Crippen LogP contribution >= 0.6 is 0 Å². The minimum absolute atomic E-state index is 0.0343. The van der Waals surface area contributed by atoms with Gasteiger partial charge in [0.15, 0.2) is 27.1 Å². The SMILES string of the molecule is COc1cc(NC(C(=O)c2c[nH]c3cc(OC)c(OC(F)(F)F)cc23)c2ccc(F)cc2OCCOCc2ccccc2)cc(S(C)(=O)=O)c1. The Balaban J connectivity index is 1.55. The van der Waals surface area contributed by atoms with Gasteiger partial charge in [0, 0.05) is 52.9 Å². The second-order valence-electron chi connectivity index (χ2n) is 11.0. The number of hydrogen-bond donors (Lipinski definition) is 2. The van der Waals surface area contributed by atoms with Crippen LogP contribution in [-0.4, -0.2) is 59.2 Å². The van der Waals surface area contributed by atoms with Crippen LogP contribution in [0.4, 0.5) is 23.2 Å². The topological polar surface area (TPSA) is 125 Å². The van der Waals surface area contributed by atoms with Gasteiger partial charge in [-0.2, -0.15) is 0 Å². The van der Waals surface area contributed by atoms with E-state index in [1.807, 2.05) is 30.3 Å². The van der Waals surface area contributed by atoms with Gasteiger partial charge < -0.3 is 34.0 Å². The number of carbonyl (C=O) groups is 1. The van der Waals surface area contributed by atoms with E-state index in [1.54, 1.807) is 0 Å². The van der Waals surface area contributed by atoms with Gasteiger partial charge in [-0.15, -0.1) is 13.2 Å². The van der Waals surface area contributed by atoms with E-state index in [-0.39, 0.29) is 63.1 Å². The van der Waals surface area contributed by atoms with Crippen LogP contribution in [0.2, 0.25) is 0 Å². The third-order valence-electron chi connectivity index (χ3n) is 7.46. The van der Waals surface area contributed by atoms with Crippen LogP contribution in [0.1, 0.15) is 27.5 Å². The van der Waals surface area contributed by atoms with Crippen LogP contribution in [0, 0.1) is 5.82 Å². The number of anilines is 1. The molecule has 264 valence electrons. The Morgan fingerprint density at radius 1 is 0.900 bits per heavy atom. The highest BCUT2D eigenvalue weighted by Crippen LogP contribution is 2.39. The second kappa shape index (κ2) is 15.1. The first kappa shape index (κ1) is 36.0. The van der Waals surface area contributed by atoms with E-state index < -0.39 is 39.6 Å². The zero-order valence-corrected chi connectivity index (χ0v) is 27.8. The fourth-order valence-corrected chi connectivity index (χ4v) is 5.81. The lowest BCUT2D eigenvalue weighted by atomic mass is 9.95. The molecule has 0 fully saturated rings. The number of ether oxygens (including phenoxy) is 5. The Morgan fingerprint density at radius 3 is 2.34 bits per heavy atom. The predicted octanol–water partition coefficient (Wildman–Crippen LogP) is 7.26. The van der Waals surface area contributed by atoms with Gasteiger partial charge in [0.05, 0.1) is 37.8 Å². The van der Waals surface area contributed by atoms with Gasteiger partial charge in [-0.05, 0) is 35.9 Å². The van der Waals surface area contributed by atoms with Crippen LogP contribution in [-0.2, 0) is 21.2 Å². The molecule has 0 aliphatic heterocycles. The molecule has 5 rings (SSSR count). The van der Waals surface area contributed by atoms with Crippen LogP contribution in [0.5, 0.6) is 23.0 Å². The summed E-state index contributed by atoms with van der Waals surface area (Å²) in [6.45, 7) is 0.371. The summed E-state index contributed by atoms with van der Waals surface area (Å²) in [4.78, 5) is 17.2. The molecule has 0 spiro atoms. The molecule has 2 N–H and O–H groups in total. The highest BCUT2D eigenvalue weighted by atomic mass is 32.2. The molecule has 0 radical (unpaired) electrons. The molecule has 5 aromatic rings. The number of nitrogens with one attached hydrogen (secondary N) is 2. The standard InChI is InChI=1S/C35H32F4N2O8S/c1-45-24-14-23(15-25(16-24)50(3,43)44)41-33(26-10-9-22(36)13-30(26)48-12-11-47-20-21-7-5-4-6-8-21)34(42)28-19-40-29-18-31(46-2)32(17-27(28)29)49-35(37,38)39/h4-10,13-19,33,40-41H,11-12,20H2,1-3H3. The van der Waals surface area contributed by atoms with Crippen molar-refractivity contribution in [3.8, 4) is 23.0 Å². The third kappa shape index (κ3) is 8.84. The molecule has 1 aromatic heterocycles. The number of aromatic nitrogens is 1. The van der Waals surface area contributed by atoms with E-state index in [0.29, 0.717) is 6.61 Å². The van der Waals surface area contributed by atoms with Gasteiger partial charge >= 0.3 is 6.36 Å². The van der Waals surface area contributed by atoms with Gasteiger partial charge in [-0.25, -0.2) is 12.8 Å². The maximum Gasteiger partial charge on any atom is 0.573 e. The average Bonchev–Trinajstić information content (AvgIpc) is 3.48. The summed E-state index contributed by atoms with van der Waals surface area (Å²) >= 11 is 0. The first-order valence-corrected chi connectivity index (χ1v) is 16.8. The van der Waals surface area contributed by atoms with Crippen LogP contribution in [0.25, 0.3) is 10.9 Å². The number of rotatable bonds is 15. The number of aromatic amines is 1. The first-order valence-electron chi connectivity index (χ1n) is 14.9. The van der Waals surface area contributed by atoms with Crippen molar-refractivity contribution >= 4 is 32.2 Å². The molecule has 4 aromatic carbocycles. The molecule has 50 heavy (non-hydrogen) atoms.